The predicted molar refractivity (Wildman–Crippen MR) is 133 cm³/mol. The highest BCUT2D eigenvalue weighted by atomic mass is 16.5. The Morgan fingerprint density at radius 3 is 2.14 bits per heavy atom. The van der Waals surface area contributed by atoms with E-state index >= 15 is 0 Å². The Labute approximate surface area is 206 Å². The van der Waals surface area contributed by atoms with Crippen molar-refractivity contribution in [3.05, 3.63) is 59.7 Å². The fourth-order valence-corrected chi connectivity index (χ4v) is 5.21. The summed E-state index contributed by atoms with van der Waals surface area (Å²) in [4.78, 5) is 37.6. The fraction of sp³-hybridized carbons (Fsp3) is 0.464. The fourth-order valence-electron chi connectivity index (χ4n) is 5.21. The monoisotopic (exact) mass is 478 g/mol. The molecule has 2 N–H and O–H groups in total. The molecule has 2 aromatic carbocycles. The van der Waals surface area contributed by atoms with Crippen LogP contribution < -0.4 is 5.32 Å². The van der Waals surface area contributed by atoms with Crippen molar-refractivity contribution in [3.63, 3.8) is 0 Å². The SMILES string of the molecule is CN(C(=O)CCCCCCNC(=O)OCC1c2ccccc2-c2ccccc21)C1(C(=O)O)CCC1. The van der Waals surface area contributed by atoms with Gasteiger partial charge in [0.2, 0.25) is 5.91 Å². The second kappa shape index (κ2) is 10.9. The van der Waals surface area contributed by atoms with E-state index in [0.29, 0.717) is 38.8 Å². The van der Waals surface area contributed by atoms with Gasteiger partial charge in [0, 0.05) is 25.9 Å². The largest absolute Gasteiger partial charge is 0.479 e. The molecule has 2 amide bonds. The van der Waals surface area contributed by atoms with Crippen LogP contribution in [0.15, 0.2) is 48.5 Å². The van der Waals surface area contributed by atoms with Crippen LogP contribution in [0.25, 0.3) is 11.1 Å². The van der Waals surface area contributed by atoms with E-state index in [9.17, 15) is 19.5 Å². The molecule has 0 radical (unpaired) electrons. The zero-order valence-corrected chi connectivity index (χ0v) is 20.3. The molecule has 0 spiro atoms. The van der Waals surface area contributed by atoms with Crippen molar-refractivity contribution < 1.29 is 24.2 Å². The molecule has 35 heavy (non-hydrogen) atoms. The van der Waals surface area contributed by atoms with Gasteiger partial charge in [0.05, 0.1) is 0 Å². The molecule has 186 valence electrons. The van der Waals surface area contributed by atoms with Crippen molar-refractivity contribution in [1.82, 2.24) is 10.2 Å². The highest BCUT2D eigenvalue weighted by Crippen LogP contribution is 2.44. The van der Waals surface area contributed by atoms with Gasteiger partial charge in [-0.1, -0.05) is 61.4 Å². The van der Waals surface area contributed by atoms with Gasteiger partial charge < -0.3 is 20.1 Å². The van der Waals surface area contributed by atoms with E-state index < -0.39 is 17.6 Å². The van der Waals surface area contributed by atoms with Crippen molar-refractivity contribution in [1.29, 1.82) is 0 Å². The van der Waals surface area contributed by atoms with Crippen LogP contribution in [0.2, 0.25) is 0 Å². The maximum Gasteiger partial charge on any atom is 0.407 e. The number of amides is 2. The highest BCUT2D eigenvalue weighted by Gasteiger charge is 2.49. The van der Waals surface area contributed by atoms with Crippen molar-refractivity contribution in [2.45, 2.75) is 62.8 Å². The molecule has 7 heteroatoms. The molecule has 0 atom stereocenters. The van der Waals surface area contributed by atoms with Crippen LogP contribution in [-0.4, -0.2) is 53.7 Å². The topological polar surface area (TPSA) is 95.9 Å². The number of hydrogen-bond acceptors (Lipinski definition) is 4. The maximum atomic E-state index is 12.4. The number of hydrogen-bond donors (Lipinski definition) is 2. The van der Waals surface area contributed by atoms with Gasteiger partial charge in [-0.25, -0.2) is 9.59 Å². The minimum atomic E-state index is -0.996. The Morgan fingerprint density at radius 1 is 0.971 bits per heavy atom. The molecular weight excluding hydrogens is 444 g/mol. The molecule has 2 aliphatic rings. The van der Waals surface area contributed by atoms with E-state index in [-0.39, 0.29) is 11.8 Å². The summed E-state index contributed by atoms with van der Waals surface area (Å²) < 4.78 is 5.54. The van der Waals surface area contributed by atoms with Crippen LogP contribution in [0.3, 0.4) is 0 Å². The number of aliphatic carboxylic acids is 1. The molecule has 1 fully saturated rings. The van der Waals surface area contributed by atoms with Gasteiger partial charge in [0.15, 0.2) is 0 Å². The van der Waals surface area contributed by atoms with E-state index in [1.54, 1.807) is 7.05 Å². The predicted octanol–water partition coefficient (Wildman–Crippen LogP) is 4.94. The molecule has 0 saturated heterocycles. The number of carbonyl (C=O) groups is 3. The molecule has 4 rings (SSSR count). The first-order valence-electron chi connectivity index (χ1n) is 12.5. The summed E-state index contributed by atoms with van der Waals surface area (Å²) >= 11 is 0. The third-order valence-electron chi connectivity index (χ3n) is 7.53. The molecule has 0 aromatic heterocycles. The summed E-state index contributed by atoms with van der Waals surface area (Å²) in [6.45, 7) is 0.819. The average Bonchev–Trinajstić information content (AvgIpc) is 3.14. The Kier molecular flexibility index (Phi) is 7.73. The van der Waals surface area contributed by atoms with E-state index in [0.717, 1.165) is 25.7 Å². The first kappa shape index (κ1) is 24.8. The molecule has 0 heterocycles. The Hall–Kier alpha value is -3.35. The van der Waals surface area contributed by atoms with Gasteiger partial charge in [0.25, 0.3) is 0 Å². The Bertz CT molecular complexity index is 1030. The minimum Gasteiger partial charge on any atom is -0.479 e. The van der Waals surface area contributed by atoms with E-state index in [4.69, 9.17) is 4.74 Å². The van der Waals surface area contributed by atoms with E-state index in [2.05, 4.69) is 29.6 Å². The quantitative estimate of drug-likeness (QED) is 0.446. The van der Waals surface area contributed by atoms with Crippen LogP contribution in [0.1, 0.15) is 68.4 Å². The molecule has 0 bridgehead atoms. The summed E-state index contributed by atoms with van der Waals surface area (Å²) in [5, 5.41) is 12.3. The zero-order valence-electron chi connectivity index (χ0n) is 20.3. The lowest BCUT2D eigenvalue weighted by Gasteiger charge is -2.44. The summed E-state index contributed by atoms with van der Waals surface area (Å²) in [5.74, 6) is -0.966. The number of carboxylic acids is 1. The average molecular weight is 479 g/mol. The second-order valence-electron chi connectivity index (χ2n) is 9.56. The normalized spacial score (nSPS) is 15.5. The number of fused-ring (bicyclic) bond motifs is 3. The van der Waals surface area contributed by atoms with Crippen molar-refractivity contribution in [2.75, 3.05) is 20.2 Å². The number of carbonyl (C=O) groups excluding carboxylic acids is 2. The number of ether oxygens (including phenoxy) is 1. The van der Waals surface area contributed by atoms with Crippen molar-refractivity contribution >= 4 is 18.0 Å². The minimum absolute atomic E-state index is 0.0454. The lowest BCUT2D eigenvalue weighted by molar-refractivity contribution is -0.164. The number of nitrogens with zero attached hydrogens (tertiary/aromatic N) is 1. The second-order valence-corrected chi connectivity index (χ2v) is 9.56. The molecule has 2 aromatic rings. The van der Waals surface area contributed by atoms with Gasteiger partial charge in [-0.15, -0.1) is 0 Å². The summed E-state index contributed by atoms with van der Waals surface area (Å²) in [6.07, 6.45) is 5.10. The van der Waals surface area contributed by atoms with Crippen LogP contribution in [0, 0.1) is 0 Å². The lowest BCUT2D eigenvalue weighted by Crippen LogP contribution is -2.59. The highest BCUT2D eigenvalue weighted by molar-refractivity contribution is 5.87. The van der Waals surface area contributed by atoms with Crippen LogP contribution in [0.4, 0.5) is 4.79 Å². The smallest absolute Gasteiger partial charge is 0.407 e. The zero-order chi connectivity index (χ0) is 24.8. The lowest BCUT2D eigenvalue weighted by atomic mass is 9.75. The number of likely N-dealkylation sites (N-methyl/N-ethyl adjacent to an activating group) is 1. The molecule has 1 saturated carbocycles. The molecular formula is C28H34N2O5. The van der Waals surface area contributed by atoms with E-state index in [1.807, 2.05) is 24.3 Å². The Balaban J connectivity index is 1.11. The number of alkyl carbamates (subject to hydrolysis) is 1. The van der Waals surface area contributed by atoms with Crippen LogP contribution in [-0.2, 0) is 14.3 Å². The first-order chi connectivity index (χ1) is 16.9. The number of unbranched alkanes of at least 4 members (excludes halogenated alkanes) is 3. The molecule has 0 unspecified atom stereocenters. The third kappa shape index (κ3) is 5.19. The van der Waals surface area contributed by atoms with Gasteiger partial charge in [-0.05, 0) is 54.4 Å². The van der Waals surface area contributed by atoms with Gasteiger partial charge in [-0.2, -0.15) is 0 Å². The number of rotatable bonds is 11. The van der Waals surface area contributed by atoms with Crippen LogP contribution in [0.5, 0.6) is 0 Å². The molecule has 2 aliphatic carbocycles. The molecule has 7 nitrogen and oxygen atoms in total. The van der Waals surface area contributed by atoms with Gasteiger partial charge >= 0.3 is 12.1 Å². The van der Waals surface area contributed by atoms with Crippen molar-refractivity contribution in [3.8, 4) is 11.1 Å². The van der Waals surface area contributed by atoms with Crippen molar-refractivity contribution in [2.24, 2.45) is 0 Å². The first-order valence-corrected chi connectivity index (χ1v) is 12.5. The number of benzene rings is 2. The Morgan fingerprint density at radius 2 is 1.57 bits per heavy atom. The number of nitrogens with one attached hydrogen (secondary N) is 1. The van der Waals surface area contributed by atoms with Crippen LogP contribution >= 0.6 is 0 Å². The van der Waals surface area contributed by atoms with Gasteiger partial charge in [-0.3, -0.25) is 4.79 Å². The summed E-state index contributed by atoms with van der Waals surface area (Å²) in [5.41, 5.74) is 3.78. The standard InChI is InChI=1S/C28H34N2O5/c1-30(28(26(32)33)16-10-17-28)25(31)15-4-2-3-9-18-29-27(34)35-19-24-22-13-7-5-11-20(22)21-12-6-8-14-23(21)24/h5-8,11-14,24H,2-4,9-10,15-19H2,1H3,(H,29,34)(H,32,33). The summed E-state index contributed by atoms with van der Waals surface area (Å²) in [6, 6.07) is 16.5. The summed E-state index contributed by atoms with van der Waals surface area (Å²) in [7, 11) is 1.61. The van der Waals surface area contributed by atoms with E-state index in [1.165, 1.54) is 27.2 Å². The molecule has 0 aliphatic heterocycles. The van der Waals surface area contributed by atoms with Gasteiger partial charge in [0.1, 0.15) is 12.1 Å². The maximum absolute atomic E-state index is 12.4. The number of carboxylic acid groups (broad SMARTS) is 1. The third-order valence-corrected chi connectivity index (χ3v) is 7.53.